The van der Waals surface area contributed by atoms with E-state index in [2.05, 4.69) is 10.0 Å². The van der Waals surface area contributed by atoms with Gasteiger partial charge < -0.3 is 15.8 Å². The highest BCUT2D eigenvalue weighted by molar-refractivity contribution is 7.92. The van der Waals surface area contributed by atoms with Gasteiger partial charge in [-0.25, -0.2) is 8.42 Å². The largest absolute Gasteiger partial charge is 0.383 e. The van der Waals surface area contributed by atoms with Crippen molar-refractivity contribution in [2.45, 2.75) is 19.9 Å². The normalized spacial score (nSPS) is 12.2. The fourth-order valence-electron chi connectivity index (χ4n) is 1.59. The van der Waals surface area contributed by atoms with Crippen molar-refractivity contribution in [1.29, 1.82) is 0 Å². The number of anilines is 2. The van der Waals surface area contributed by atoms with Crippen molar-refractivity contribution < 1.29 is 17.9 Å². The van der Waals surface area contributed by atoms with E-state index in [0.29, 0.717) is 16.9 Å². The molecule has 1 atom stereocenters. The van der Waals surface area contributed by atoms with E-state index in [9.17, 15) is 13.2 Å². The molecular weight excluding hydrogens is 330 g/mol. The van der Waals surface area contributed by atoms with E-state index >= 15 is 0 Å². The maximum Gasteiger partial charge on any atom is 0.243 e. The van der Waals surface area contributed by atoms with Gasteiger partial charge in [-0.3, -0.25) is 9.52 Å². The third-order valence-electron chi connectivity index (χ3n) is 2.82. The van der Waals surface area contributed by atoms with Crippen LogP contribution in [-0.2, 0) is 19.6 Å². The highest BCUT2D eigenvalue weighted by atomic mass is 35.5. The molecule has 22 heavy (non-hydrogen) atoms. The number of nitrogens with one attached hydrogen (secondary N) is 2. The molecule has 1 aromatic carbocycles. The summed E-state index contributed by atoms with van der Waals surface area (Å²) in [7, 11) is -1.86. The minimum Gasteiger partial charge on any atom is -0.383 e. The molecule has 0 aromatic heterocycles. The van der Waals surface area contributed by atoms with Crippen LogP contribution >= 0.6 is 12.4 Å². The molecule has 0 bridgehead atoms. The Hall–Kier alpha value is -1.35. The highest BCUT2D eigenvalue weighted by Gasteiger charge is 2.14. The Morgan fingerprint density at radius 2 is 2.05 bits per heavy atom. The Labute approximate surface area is 137 Å². The lowest BCUT2D eigenvalue weighted by Gasteiger charge is -2.14. The molecule has 1 rings (SSSR count). The molecule has 7 nitrogen and oxygen atoms in total. The lowest BCUT2D eigenvalue weighted by atomic mass is 10.2. The number of rotatable bonds is 7. The number of carbonyl (C=O) groups excluding carboxylic acids is 1. The van der Waals surface area contributed by atoms with Crippen LogP contribution in [0.1, 0.15) is 12.5 Å². The molecule has 0 aliphatic heterocycles. The molecule has 0 heterocycles. The zero-order valence-corrected chi connectivity index (χ0v) is 14.4. The van der Waals surface area contributed by atoms with Gasteiger partial charge in [0, 0.05) is 12.8 Å². The number of sulfonamides is 1. The van der Waals surface area contributed by atoms with Gasteiger partial charge in [-0.05, 0) is 37.6 Å². The number of carbonyl (C=O) groups is 1. The summed E-state index contributed by atoms with van der Waals surface area (Å²) < 4.78 is 30.4. The number of hydrogen-bond donors (Lipinski definition) is 3. The van der Waals surface area contributed by atoms with E-state index in [1.807, 2.05) is 0 Å². The first-order chi connectivity index (χ1) is 9.79. The lowest BCUT2D eigenvalue weighted by molar-refractivity contribution is -0.118. The van der Waals surface area contributed by atoms with Crippen LogP contribution in [0.4, 0.5) is 11.4 Å². The summed E-state index contributed by atoms with van der Waals surface area (Å²) in [4.78, 5) is 11.7. The quantitative estimate of drug-likeness (QED) is 0.681. The van der Waals surface area contributed by atoms with Gasteiger partial charge in [0.15, 0.2) is 0 Å². The Kier molecular flexibility index (Phi) is 8.39. The van der Waals surface area contributed by atoms with Gasteiger partial charge in [0.25, 0.3) is 0 Å². The van der Waals surface area contributed by atoms with E-state index in [1.54, 1.807) is 32.0 Å². The Bertz CT molecular complexity index is 607. The van der Waals surface area contributed by atoms with Gasteiger partial charge in [0.2, 0.25) is 15.9 Å². The first-order valence-electron chi connectivity index (χ1n) is 6.45. The van der Waals surface area contributed by atoms with Crippen LogP contribution < -0.4 is 15.8 Å². The predicted molar refractivity (Wildman–Crippen MR) is 90.0 cm³/mol. The summed E-state index contributed by atoms with van der Waals surface area (Å²) >= 11 is 0. The SMILES string of the molecule is CCS(=O)(=O)Nc1ccc(NC(=O)C(N)COC)cc1C.Cl. The van der Waals surface area contributed by atoms with Gasteiger partial charge in [-0.15, -0.1) is 12.4 Å². The van der Waals surface area contributed by atoms with Crippen LogP contribution in [0.5, 0.6) is 0 Å². The maximum absolute atomic E-state index is 11.7. The van der Waals surface area contributed by atoms with E-state index in [1.165, 1.54) is 7.11 Å². The summed E-state index contributed by atoms with van der Waals surface area (Å²) in [5.41, 5.74) is 7.34. The fraction of sp³-hybridized carbons (Fsp3) is 0.462. The molecular formula is C13H22ClN3O4S. The van der Waals surface area contributed by atoms with Crippen molar-refractivity contribution >= 4 is 39.7 Å². The predicted octanol–water partition coefficient (Wildman–Crippen LogP) is 1.09. The molecule has 9 heteroatoms. The zero-order valence-electron chi connectivity index (χ0n) is 12.8. The number of nitrogens with two attached hydrogens (primary N) is 1. The monoisotopic (exact) mass is 351 g/mol. The van der Waals surface area contributed by atoms with Crippen molar-refractivity contribution in [2.75, 3.05) is 29.5 Å². The minimum atomic E-state index is -3.33. The van der Waals surface area contributed by atoms with Crippen LogP contribution in [0.25, 0.3) is 0 Å². The molecule has 0 fully saturated rings. The van der Waals surface area contributed by atoms with E-state index < -0.39 is 16.1 Å². The fourth-order valence-corrected chi connectivity index (χ4v) is 2.29. The van der Waals surface area contributed by atoms with E-state index in [-0.39, 0.29) is 30.7 Å². The second-order valence-electron chi connectivity index (χ2n) is 4.59. The second-order valence-corrected chi connectivity index (χ2v) is 6.60. The van der Waals surface area contributed by atoms with Crippen molar-refractivity contribution in [3.63, 3.8) is 0 Å². The third kappa shape index (κ3) is 6.18. The molecule has 1 amide bonds. The number of ether oxygens (including phenoxy) is 1. The van der Waals surface area contributed by atoms with E-state index in [0.717, 1.165) is 0 Å². The number of hydrogen-bond acceptors (Lipinski definition) is 5. The average Bonchev–Trinajstić information content (AvgIpc) is 2.42. The summed E-state index contributed by atoms with van der Waals surface area (Å²) in [5.74, 6) is -0.366. The molecule has 1 aromatic rings. The van der Waals surface area contributed by atoms with Crippen LogP contribution in [0, 0.1) is 6.92 Å². The van der Waals surface area contributed by atoms with Gasteiger partial charge in [-0.1, -0.05) is 0 Å². The van der Waals surface area contributed by atoms with Crippen molar-refractivity contribution in [3.05, 3.63) is 23.8 Å². The van der Waals surface area contributed by atoms with Crippen molar-refractivity contribution in [2.24, 2.45) is 5.73 Å². The average molecular weight is 352 g/mol. The number of halogens is 1. The summed E-state index contributed by atoms with van der Waals surface area (Å²) in [6, 6.07) is 4.12. The van der Waals surface area contributed by atoms with Crippen molar-refractivity contribution in [1.82, 2.24) is 0 Å². The molecule has 0 radical (unpaired) electrons. The molecule has 0 spiro atoms. The van der Waals surface area contributed by atoms with Gasteiger partial charge >= 0.3 is 0 Å². The van der Waals surface area contributed by atoms with Gasteiger partial charge in [-0.2, -0.15) is 0 Å². The van der Waals surface area contributed by atoms with Gasteiger partial charge in [0.1, 0.15) is 6.04 Å². The van der Waals surface area contributed by atoms with Crippen LogP contribution in [-0.4, -0.2) is 39.8 Å². The lowest BCUT2D eigenvalue weighted by Crippen LogP contribution is -2.39. The van der Waals surface area contributed by atoms with Gasteiger partial charge in [0.05, 0.1) is 18.0 Å². The molecule has 1 unspecified atom stereocenters. The summed E-state index contributed by atoms with van der Waals surface area (Å²) in [6.45, 7) is 3.43. The van der Waals surface area contributed by atoms with Crippen molar-refractivity contribution in [3.8, 4) is 0 Å². The van der Waals surface area contributed by atoms with Crippen LogP contribution in [0.2, 0.25) is 0 Å². The van der Waals surface area contributed by atoms with E-state index in [4.69, 9.17) is 10.5 Å². The number of benzene rings is 1. The minimum absolute atomic E-state index is 0. The van der Waals surface area contributed by atoms with Crippen LogP contribution in [0.3, 0.4) is 0 Å². The molecule has 0 aliphatic carbocycles. The highest BCUT2D eigenvalue weighted by Crippen LogP contribution is 2.21. The molecule has 0 saturated carbocycles. The summed E-state index contributed by atoms with van der Waals surface area (Å²) in [6.07, 6.45) is 0. The Balaban J connectivity index is 0.00000441. The summed E-state index contributed by atoms with van der Waals surface area (Å²) in [5, 5.41) is 2.65. The standard InChI is InChI=1S/C13H21N3O4S.ClH/c1-4-21(18,19)16-12-6-5-10(7-9(12)2)15-13(17)11(14)8-20-3;/h5-7,11,16H,4,8,14H2,1-3H3,(H,15,17);1H. The first-order valence-corrected chi connectivity index (χ1v) is 8.10. The van der Waals surface area contributed by atoms with Crippen LogP contribution in [0.15, 0.2) is 18.2 Å². The molecule has 0 aliphatic rings. The third-order valence-corrected chi connectivity index (χ3v) is 4.11. The zero-order chi connectivity index (χ0) is 16.0. The Morgan fingerprint density at radius 3 is 2.55 bits per heavy atom. The Morgan fingerprint density at radius 1 is 1.41 bits per heavy atom. The topological polar surface area (TPSA) is 111 Å². The molecule has 0 saturated heterocycles. The maximum atomic E-state index is 11.7. The number of amides is 1. The second kappa shape index (κ2) is 8.94. The number of aryl methyl sites for hydroxylation is 1. The smallest absolute Gasteiger partial charge is 0.243 e. The number of methoxy groups -OCH3 is 1. The molecule has 4 N–H and O–H groups in total. The molecule has 126 valence electrons. The first kappa shape index (κ1) is 20.6.